The highest BCUT2D eigenvalue weighted by Gasteiger charge is 2.17. The maximum Gasteiger partial charge on any atom is 0.232 e. The molecular weight excluding hydrogens is 343 g/mol. The number of carbonyl (C=O) groups excluding carboxylic acids is 1. The Hall–Kier alpha value is -2.41. The van der Waals surface area contributed by atoms with Gasteiger partial charge < -0.3 is 5.32 Å². The molecule has 0 aromatic heterocycles. The van der Waals surface area contributed by atoms with Gasteiger partial charge in [0.1, 0.15) is 5.82 Å². The molecule has 0 aliphatic carbocycles. The molecule has 2 aromatic rings. The van der Waals surface area contributed by atoms with Crippen LogP contribution < -0.4 is 9.62 Å². The summed E-state index contributed by atoms with van der Waals surface area (Å²) in [7, 11) is -3.44. The Morgan fingerprint density at radius 1 is 1.16 bits per heavy atom. The van der Waals surface area contributed by atoms with E-state index in [9.17, 15) is 17.6 Å². The minimum Gasteiger partial charge on any atom is -0.326 e. The number of hydrogen-bond donors (Lipinski definition) is 1. The first-order valence-electron chi connectivity index (χ1n) is 7.85. The second-order valence-electron chi connectivity index (χ2n) is 5.83. The van der Waals surface area contributed by atoms with Gasteiger partial charge in [0.15, 0.2) is 0 Å². The predicted octanol–water partition coefficient (Wildman–Crippen LogP) is 3.32. The van der Waals surface area contributed by atoms with E-state index in [0.29, 0.717) is 17.8 Å². The number of aryl methyl sites for hydroxylation is 1. The topological polar surface area (TPSA) is 66.5 Å². The summed E-state index contributed by atoms with van der Waals surface area (Å²) in [4.78, 5) is 11.9. The van der Waals surface area contributed by atoms with E-state index in [1.165, 1.54) is 28.6 Å². The second kappa shape index (κ2) is 8.11. The second-order valence-corrected chi connectivity index (χ2v) is 7.74. The Kier molecular flexibility index (Phi) is 6.14. The average Bonchev–Trinajstić information content (AvgIpc) is 2.52. The largest absolute Gasteiger partial charge is 0.326 e. The van der Waals surface area contributed by atoms with Gasteiger partial charge in [-0.2, -0.15) is 0 Å². The van der Waals surface area contributed by atoms with Gasteiger partial charge in [-0.15, -0.1) is 0 Å². The maximum absolute atomic E-state index is 12.8. The lowest BCUT2D eigenvalue weighted by Gasteiger charge is -2.22. The fourth-order valence-electron chi connectivity index (χ4n) is 2.41. The average molecular weight is 364 g/mol. The number of nitrogens with zero attached hydrogens (tertiary/aromatic N) is 1. The van der Waals surface area contributed by atoms with Crippen molar-refractivity contribution in [1.29, 1.82) is 0 Å². The van der Waals surface area contributed by atoms with Gasteiger partial charge in [-0.05, 0) is 55.3 Å². The first-order valence-corrected chi connectivity index (χ1v) is 9.70. The van der Waals surface area contributed by atoms with Crippen molar-refractivity contribution in [1.82, 2.24) is 0 Å². The molecule has 2 aromatic carbocycles. The van der Waals surface area contributed by atoms with Crippen LogP contribution in [0.5, 0.6) is 0 Å². The zero-order valence-electron chi connectivity index (χ0n) is 14.2. The number of halogens is 1. The third-order valence-electron chi connectivity index (χ3n) is 3.58. The van der Waals surface area contributed by atoms with Crippen LogP contribution in [0.3, 0.4) is 0 Å². The molecular formula is C18H21FN2O3S. The van der Waals surface area contributed by atoms with Crippen LogP contribution in [-0.4, -0.2) is 27.1 Å². The van der Waals surface area contributed by atoms with Crippen molar-refractivity contribution >= 4 is 27.3 Å². The van der Waals surface area contributed by atoms with E-state index in [4.69, 9.17) is 0 Å². The summed E-state index contributed by atoms with van der Waals surface area (Å²) in [5.41, 5.74) is 2.05. The summed E-state index contributed by atoms with van der Waals surface area (Å²) in [5, 5.41) is 2.66. The number of carbonyl (C=O) groups is 1. The number of benzene rings is 2. The van der Waals surface area contributed by atoms with Gasteiger partial charge >= 0.3 is 0 Å². The van der Waals surface area contributed by atoms with E-state index >= 15 is 0 Å². The molecule has 0 bridgehead atoms. The molecule has 0 aliphatic rings. The Morgan fingerprint density at radius 3 is 2.44 bits per heavy atom. The molecule has 0 saturated heterocycles. The molecule has 1 amide bonds. The summed E-state index contributed by atoms with van der Waals surface area (Å²) in [6.07, 6.45) is 1.68. The third kappa shape index (κ3) is 5.86. The normalized spacial score (nSPS) is 11.2. The Morgan fingerprint density at radius 2 is 1.84 bits per heavy atom. The van der Waals surface area contributed by atoms with E-state index in [1.54, 1.807) is 18.2 Å². The highest BCUT2D eigenvalue weighted by Crippen LogP contribution is 2.19. The van der Waals surface area contributed by atoms with Crippen molar-refractivity contribution in [3.05, 3.63) is 59.9 Å². The van der Waals surface area contributed by atoms with Crippen molar-refractivity contribution in [3.8, 4) is 0 Å². The van der Waals surface area contributed by atoms with Crippen molar-refractivity contribution in [2.45, 2.75) is 19.8 Å². The molecule has 0 fully saturated rings. The standard InChI is InChI=1S/C18H21FN2O3S/c1-14-5-3-6-17(13-14)21(25(2,23)24)12-4-7-18(22)20-16-10-8-15(19)9-11-16/h3,5-6,8-11,13H,4,7,12H2,1-2H3,(H,20,22). The van der Waals surface area contributed by atoms with Crippen LogP contribution in [0.2, 0.25) is 0 Å². The van der Waals surface area contributed by atoms with Crippen LogP contribution in [0.25, 0.3) is 0 Å². The summed E-state index contributed by atoms with van der Waals surface area (Å²) in [6, 6.07) is 12.7. The lowest BCUT2D eigenvalue weighted by molar-refractivity contribution is -0.116. The smallest absolute Gasteiger partial charge is 0.232 e. The Bertz CT molecular complexity index is 836. The fraction of sp³-hybridized carbons (Fsp3) is 0.278. The summed E-state index contributed by atoms with van der Waals surface area (Å²) >= 11 is 0. The number of rotatable bonds is 7. The van der Waals surface area contributed by atoms with Crippen LogP contribution >= 0.6 is 0 Å². The van der Waals surface area contributed by atoms with Gasteiger partial charge in [-0.25, -0.2) is 12.8 Å². The lowest BCUT2D eigenvalue weighted by atomic mass is 10.2. The predicted molar refractivity (Wildman–Crippen MR) is 97.6 cm³/mol. The van der Waals surface area contributed by atoms with E-state index < -0.39 is 10.0 Å². The molecule has 5 nitrogen and oxygen atoms in total. The third-order valence-corrected chi connectivity index (χ3v) is 4.78. The summed E-state index contributed by atoms with van der Waals surface area (Å²) in [6.45, 7) is 2.10. The van der Waals surface area contributed by atoms with Crippen LogP contribution in [0, 0.1) is 12.7 Å². The first-order chi connectivity index (χ1) is 11.8. The van der Waals surface area contributed by atoms with Crippen LogP contribution in [-0.2, 0) is 14.8 Å². The van der Waals surface area contributed by atoms with E-state index in [-0.39, 0.29) is 24.7 Å². The van der Waals surface area contributed by atoms with Gasteiger partial charge in [-0.3, -0.25) is 9.10 Å². The zero-order chi connectivity index (χ0) is 18.4. The minimum absolute atomic E-state index is 0.162. The zero-order valence-corrected chi connectivity index (χ0v) is 15.0. The van der Waals surface area contributed by atoms with E-state index in [0.717, 1.165) is 11.8 Å². The quantitative estimate of drug-likeness (QED) is 0.820. The van der Waals surface area contributed by atoms with Crippen LogP contribution in [0.4, 0.5) is 15.8 Å². The van der Waals surface area contributed by atoms with Crippen molar-refractivity contribution < 1.29 is 17.6 Å². The van der Waals surface area contributed by atoms with Crippen molar-refractivity contribution in [2.75, 3.05) is 22.4 Å². The summed E-state index contributed by atoms with van der Waals surface area (Å²) < 4.78 is 38.2. The number of anilines is 2. The molecule has 0 spiro atoms. The SMILES string of the molecule is Cc1cccc(N(CCCC(=O)Nc2ccc(F)cc2)S(C)(=O)=O)c1. The number of hydrogen-bond acceptors (Lipinski definition) is 3. The minimum atomic E-state index is -3.44. The van der Waals surface area contributed by atoms with E-state index in [2.05, 4.69) is 5.32 Å². The molecule has 1 N–H and O–H groups in total. The molecule has 2 rings (SSSR count). The van der Waals surface area contributed by atoms with Gasteiger partial charge in [-0.1, -0.05) is 12.1 Å². The lowest BCUT2D eigenvalue weighted by Crippen LogP contribution is -2.31. The number of sulfonamides is 1. The van der Waals surface area contributed by atoms with Crippen LogP contribution in [0.15, 0.2) is 48.5 Å². The molecule has 0 saturated carbocycles. The van der Waals surface area contributed by atoms with Crippen LogP contribution in [0.1, 0.15) is 18.4 Å². The summed E-state index contributed by atoms with van der Waals surface area (Å²) in [5.74, 6) is -0.621. The van der Waals surface area contributed by atoms with Gasteiger partial charge in [0.25, 0.3) is 0 Å². The fourth-order valence-corrected chi connectivity index (χ4v) is 3.37. The molecule has 134 valence electrons. The van der Waals surface area contributed by atoms with Gasteiger partial charge in [0.05, 0.1) is 11.9 Å². The molecule has 7 heteroatoms. The van der Waals surface area contributed by atoms with Gasteiger partial charge in [0, 0.05) is 18.7 Å². The van der Waals surface area contributed by atoms with Crippen molar-refractivity contribution in [3.63, 3.8) is 0 Å². The molecule has 0 heterocycles. The Balaban J connectivity index is 1.95. The highest BCUT2D eigenvalue weighted by atomic mass is 32.2. The number of nitrogens with one attached hydrogen (secondary N) is 1. The molecule has 25 heavy (non-hydrogen) atoms. The van der Waals surface area contributed by atoms with Crippen molar-refractivity contribution in [2.24, 2.45) is 0 Å². The maximum atomic E-state index is 12.8. The molecule has 0 radical (unpaired) electrons. The number of amides is 1. The molecule has 0 atom stereocenters. The first kappa shape index (κ1) is 18.9. The Labute approximate surface area is 147 Å². The van der Waals surface area contributed by atoms with Gasteiger partial charge in [0.2, 0.25) is 15.9 Å². The molecule has 0 aliphatic heterocycles. The molecule has 0 unspecified atom stereocenters. The monoisotopic (exact) mass is 364 g/mol. The van der Waals surface area contributed by atoms with E-state index in [1.807, 2.05) is 13.0 Å². The highest BCUT2D eigenvalue weighted by molar-refractivity contribution is 7.92.